The number of para-hydroxylation sites is 1. The minimum Gasteiger partial charge on any atom is -0.312 e. The van der Waals surface area contributed by atoms with E-state index < -0.39 is 0 Å². The fourth-order valence-corrected chi connectivity index (χ4v) is 4.75. The molecule has 4 rings (SSSR count). The van der Waals surface area contributed by atoms with Gasteiger partial charge in [0.05, 0.1) is 11.7 Å². The molecule has 5 nitrogen and oxygen atoms in total. The maximum absolute atomic E-state index is 12.9. The Labute approximate surface area is 157 Å². The number of carbonyl (C=O) groups excluding carboxylic acids is 1. The van der Waals surface area contributed by atoms with Crippen LogP contribution < -0.4 is 10.5 Å². The van der Waals surface area contributed by atoms with Gasteiger partial charge in [0.1, 0.15) is 0 Å². The number of amides is 1. The molecule has 1 unspecified atom stereocenters. The van der Waals surface area contributed by atoms with Crippen LogP contribution in [0.2, 0.25) is 0 Å². The lowest BCUT2D eigenvalue weighted by Gasteiger charge is -2.21. The zero-order chi connectivity index (χ0) is 18.5. The van der Waals surface area contributed by atoms with E-state index in [0.717, 1.165) is 35.3 Å². The number of nitrogens with zero attached hydrogens (tertiary/aromatic N) is 3. The van der Waals surface area contributed by atoms with Crippen molar-refractivity contribution in [3.8, 4) is 0 Å². The summed E-state index contributed by atoms with van der Waals surface area (Å²) in [5.74, 6) is 0.803. The fraction of sp³-hybridized carbons (Fsp3) is 0.450. The zero-order valence-electron chi connectivity index (χ0n) is 15.4. The van der Waals surface area contributed by atoms with Gasteiger partial charge in [0.2, 0.25) is 5.91 Å². The van der Waals surface area contributed by atoms with Crippen LogP contribution in [0.4, 0.5) is 5.69 Å². The van der Waals surface area contributed by atoms with Crippen LogP contribution >= 0.6 is 11.8 Å². The smallest absolute Gasteiger partial charge is 0.254 e. The minimum atomic E-state index is -0.164. The summed E-state index contributed by atoms with van der Waals surface area (Å²) in [7, 11) is 0. The van der Waals surface area contributed by atoms with Gasteiger partial charge in [-0.25, -0.2) is 4.98 Å². The van der Waals surface area contributed by atoms with E-state index in [1.165, 1.54) is 5.56 Å². The summed E-state index contributed by atoms with van der Waals surface area (Å²) in [5.41, 5.74) is 2.82. The van der Waals surface area contributed by atoms with Crippen molar-refractivity contribution in [1.29, 1.82) is 0 Å². The van der Waals surface area contributed by atoms with Gasteiger partial charge >= 0.3 is 0 Å². The lowest BCUT2D eigenvalue weighted by molar-refractivity contribution is -0.119. The van der Waals surface area contributed by atoms with Gasteiger partial charge in [-0.3, -0.25) is 14.2 Å². The van der Waals surface area contributed by atoms with Crippen molar-refractivity contribution in [2.45, 2.75) is 50.2 Å². The summed E-state index contributed by atoms with van der Waals surface area (Å²) in [6.45, 7) is 6.88. The van der Waals surface area contributed by atoms with Crippen molar-refractivity contribution in [3.63, 3.8) is 0 Å². The topological polar surface area (TPSA) is 55.2 Å². The van der Waals surface area contributed by atoms with Gasteiger partial charge in [-0.05, 0) is 18.1 Å². The van der Waals surface area contributed by atoms with Crippen molar-refractivity contribution >= 4 is 23.4 Å². The summed E-state index contributed by atoms with van der Waals surface area (Å²) >= 11 is 1.57. The molecule has 0 spiro atoms. The highest BCUT2D eigenvalue weighted by Crippen LogP contribution is 2.35. The predicted molar refractivity (Wildman–Crippen MR) is 104 cm³/mol. The molecule has 136 valence electrons. The zero-order valence-corrected chi connectivity index (χ0v) is 16.2. The Morgan fingerprint density at radius 2 is 2.08 bits per heavy atom. The van der Waals surface area contributed by atoms with Crippen LogP contribution in [0, 0.1) is 0 Å². The molecule has 0 bridgehead atoms. The van der Waals surface area contributed by atoms with Crippen LogP contribution in [0.5, 0.6) is 0 Å². The van der Waals surface area contributed by atoms with Crippen LogP contribution in [0.3, 0.4) is 0 Å². The summed E-state index contributed by atoms with van der Waals surface area (Å²) in [6.07, 6.45) is 1.24. The van der Waals surface area contributed by atoms with Crippen LogP contribution in [-0.2, 0) is 16.6 Å². The van der Waals surface area contributed by atoms with Gasteiger partial charge in [0.15, 0.2) is 5.16 Å². The quantitative estimate of drug-likeness (QED) is 0.763. The first-order valence-electron chi connectivity index (χ1n) is 9.00. The van der Waals surface area contributed by atoms with Crippen molar-refractivity contribution in [2.75, 3.05) is 17.2 Å². The van der Waals surface area contributed by atoms with Crippen LogP contribution in [0.25, 0.3) is 0 Å². The van der Waals surface area contributed by atoms with Crippen molar-refractivity contribution in [2.24, 2.45) is 0 Å². The molecule has 1 amide bonds. The van der Waals surface area contributed by atoms with Crippen molar-refractivity contribution < 1.29 is 4.79 Å². The molecule has 2 aliphatic rings. The molecular formula is C20H23N3O2S. The third-order valence-electron chi connectivity index (χ3n) is 5.06. The van der Waals surface area contributed by atoms with Crippen LogP contribution in [0.1, 0.15) is 44.5 Å². The number of hydrogen-bond donors (Lipinski definition) is 0. The summed E-state index contributed by atoms with van der Waals surface area (Å²) in [4.78, 5) is 32.1. The normalized spacial score (nSPS) is 18.7. The van der Waals surface area contributed by atoms with E-state index in [-0.39, 0.29) is 22.9 Å². The fourth-order valence-electron chi connectivity index (χ4n) is 3.60. The Balaban J connectivity index is 1.58. The third kappa shape index (κ3) is 2.96. The first-order valence-corrected chi connectivity index (χ1v) is 9.98. The van der Waals surface area contributed by atoms with Crippen LogP contribution in [-0.4, -0.2) is 27.8 Å². The SMILES string of the molecule is CC(C)(C)c1cc(=O)n2c(n1)SCC2CC(=O)N1CCc2ccccc21. The number of anilines is 1. The largest absolute Gasteiger partial charge is 0.312 e. The van der Waals surface area contributed by atoms with Gasteiger partial charge in [-0.15, -0.1) is 0 Å². The number of hydrogen-bond acceptors (Lipinski definition) is 4. The number of aromatic nitrogens is 2. The summed E-state index contributed by atoms with van der Waals surface area (Å²) in [5, 5.41) is 0.738. The number of carbonyl (C=O) groups is 1. The summed E-state index contributed by atoms with van der Waals surface area (Å²) in [6, 6.07) is 9.55. The second kappa shape index (κ2) is 6.27. The van der Waals surface area contributed by atoms with Crippen molar-refractivity contribution in [1.82, 2.24) is 9.55 Å². The maximum Gasteiger partial charge on any atom is 0.254 e. The van der Waals surface area contributed by atoms with E-state index in [4.69, 9.17) is 0 Å². The van der Waals surface area contributed by atoms with Gasteiger partial charge in [0, 0.05) is 35.9 Å². The monoisotopic (exact) mass is 369 g/mol. The molecule has 0 radical (unpaired) electrons. The van der Waals surface area contributed by atoms with Gasteiger partial charge < -0.3 is 4.90 Å². The first kappa shape index (κ1) is 17.3. The second-order valence-electron chi connectivity index (χ2n) is 7.98. The predicted octanol–water partition coefficient (Wildman–Crippen LogP) is 3.17. The molecule has 26 heavy (non-hydrogen) atoms. The Kier molecular flexibility index (Phi) is 4.18. The molecule has 2 aromatic rings. The van der Waals surface area contributed by atoms with E-state index in [0.29, 0.717) is 6.42 Å². The molecule has 0 saturated carbocycles. The molecule has 0 aliphatic carbocycles. The molecule has 0 N–H and O–H groups in total. The van der Waals surface area contributed by atoms with E-state index >= 15 is 0 Å². The molecule has 1 aromatic carbocycles. The van der Waals surface area contributed by atoms with E-state index in [1.54, 1.807) is 22.4 Å². The van der Waals surface area contributed by atoms with E-state index in [1.807, 2.05) is 23.1 Å². The van der Waals surface area contributed by atoms with Gasteiger partial charge in [-0.1, -0.05) is 50.7 Å². The van der Waals surface area contributed by atoms with Crippen LogP contribution in [0.15, 0.2) is 40.3 Å². The molecule has 1 atom stereocenters. The second-order valence-corrected chi connectivity index (χ2v) is 8.96. The van der Waals surface area contributed by atoms with E-state index in [9.17, 15) is 9.59 Å². The molecule has 6 heteroatoms. The van der Waals surface area contributed by atoms with Gasteiger partial charge in [0.25, 0.3) is 5.56 Å². The number of benzene rings is 1. The Bertz CT molecular complexity index is 929. The highest BCUT2D eigenvalue weighted by molar-refractivity contribution is 7.99. The maximum atomic E-state index is 12.9. The van der Waals surface area contributed by atoms with Gasteiger partial charge in [-0.2, -0.15) is 0 Å². The lowest BCUT2D eigenvalue weighted by Crippen LogP contribution is -2.34. The molecule has 3 heterocycles. The molecule has 0 saturated heterocycles. The molecule has 0 fully saturated rings. The highest BCUT2D eigenvalue weighted by Gasteiger charge is 2.32. The number of fused-ring (bicyclic) bond motifs is 2. The molecular weight excluding hydrogens is 346 g/mol. The number of rotatable bonds is 2. The first-order chi connectivity index (χ1) is 12.3. The third-order valence-corrected chi connectivity index (χ3v) is 6.15. The van der Waals surface area contributed by atoms with Crippen molar-refractivity contribution in [3.05, 3.63) is 51.9 Å². The molecule has 2 aliphatic heterocycles. The number of thioether (sulfide) groups is 1. The Morgan fingerprint density at radius 1 is 1.31 bits per heavy atom. The average molecular weight is 369 g/mol. The Morgan fingerprint density at radius 3 is 2.85 bits per heavy atom. The lowest BCUT2D eigenvalue weighted by atomic mass is 9.92. The standard InChI is InChI=1S/C20H23N3O2S/c1-20(2,3)16-11-18(25)23-14(12-26-19(23)21-16)10-17(24)22-9-8-13-6-4-5-7-15(13)22/h4-7,11,14H,8-10,12H2,1-3H3. The Hall–Kier alpha value is -2.08. The van der Waals surface area contributed by atoms with E-state index in [2.05, 4.69) is 31.8 Å². The average Bonchev–Trinajstić information content (AvgIpc) is 3.18. The minimum absolute atomic E-state index is 0.0513. The molecule has 1 aromatic heterocycles. The summed E-state index contributed by atoms with van der Waals surface area (Å²) < 4.78 is 1.71. The highest BCUT2D eigenvalue weighted by atomic mass is 32.2.